The van der Waals surface area contributed by atoms with Crippen molar-refractivity contribution >= 4 is 27.5 Å². The van der Waals surface area contributed by atoms with Crippen LogP contribution in [0.3, 0.4) is 0 Å². The Morgan fingerprint density at radius 1 is 1.26 bits per heavy atom. The number of benzene rings is 2. The van der Waals surface area contributed by atoms with E-state index >= 15 is 0 Å². The molecule has 1 amide bonds. The zero-order chi connectivity index (χ0) is 14.0. The van der Waals surface area contributed by atoms with Crippen molar-refractivity contribution in [1.29, 1.82) is 0 Å². The molecule has 0 aromatic heterocycles. The highest BCUT2D eigenvalue weighted by Gasteiger charge is 2.15. The Kier molecular flexibility index (Phi) is 3.85. The number of hydrogen-bond acceptors (Lipinski definition) is 2. The first kappa shape index (κ1) is 13.5. The van der Waals surface area contributed by atoms with Crippen LogP contribution in [0.2, 0.25) is 0 Å². The Hall–Kier alpha value is -1.88. The van der Waals surface area contributed by atoms with Gasteiger partial charge >= 0.3 is 0 Å². The number of phenolic OH excluding ortho intramolecular Hbond substituents is 1. The van der Waals surface area contributed by atoms with Gasteiger partial charge in [0, 0.05) is 28.8 Å². The second-order valence-corrected chi connectivity index (χ2v) is 4.96. The van der Waals surface area contributed by atoms with Crippen molar-refractivity contribution < 1.29 is 14.3 Å². The van der Waals surface area contributed by atoms with E-state index in [9.17, 15) is 14.3 Å². The average Bonchev–Trinajstić information content (AvgIpc) is 2.36. The predicted octanol–water partition coefficient (Wildman–Crippen LogP) is 3.57. The van der Waals surface area contributed by atoms with Gasteiger partial charge in [-0.25, -0.2) is 4.39 Å². The van der Waals surface area contributed by atoms with Crippen LogP contribution < -0.4 is 4.90 Å². The van der Waals surface area contributed by atoms with Gasteiger partial charge in [0.2, 0.25) is 0 Å². The second kappa shape index (κ2) is 5.40. The fraction of sp³-hybridized carbons (Fsp3) is 0.0714. The summed E-state index contributed by atoms with van der Waals surface area (Å²) in [6, 6.07) is 10.3. The molecule has 0 radical (unpaired) electrons. The van der Waals surface area contributed by atoms with E-state index in [2.05, 4.69) is 15.9 Å². The van der Waals surface area contributed by atoms with E-state index in [0.29, 0.717) is 10.2 Å². The minimum Gasteiger partial charge on any atom is -0.508 e. The third-order valence-corrected chi connectivity index (χ3v) is 3.09. The first-order valence-electron chi connectivity index (χ1n) is 5.50. The molecule has 0 aliphatic rings. The van der Waals surface area contributed by atoms with Crippen molar-refractivity contribution in [1.82, 2.24) is 0 Å². The van der Waals surface area contributed by atoms with Gasteiger partial charge in [-0.1, -0.05) is 22.0 Å². The molecule has 2 rings (SSSR count). The quantitative estimate of drug-likeness (QED) is 0.917. The maximum absolute atomic E-state index is 13.3. The summed E-state index contributed by atoms with van der Waals surface area (Å²) in [5.74, 6) is -0.773. The van der Waals surface area contributed by atoms with Gasteiger partial charge in [-0.3, -0.25) is 4.79 Å². The van der Waals surface area contributed by atoms with Gasteiger partial charge in [-0.05, 0) is 30.3 Å². The van der Waals surface area contributed by atoms with Crippen molar-refractivity contribution in [2.24, 2.45) is 0 Å². The summed E-state index contributed by atoms with van der Waals surface area (Å²) < 4.78 is 13.8. The lowest BCUT2D eigenvalue weighted by atomic mass is 10.2. The molecule has 2 aromatic rings. The van der Waals surface area contributed by atoms with Crippen LogP contribution in [0, 0.1) is 5.82 Å². The highest BCUT2D eigenvalue weighted by Crippen LogP contribution is 2.22. The lowest BCUT2D eigenvalue weighted by Crippen LogP contribution is -2.26. The summed E-state index contributed by atoms with van der Waals surface area (Å²) in [4.78, 5) is 13.6. The van der Waals surface area contributed by atoms with Crippen LogP contribution in [-0.2, 0) is 0 Å². The molecule has 0 heterocycles. The van der Waals surface area contributed by atoms with E-state index in [1.807, 2.05) is 0 Å². The number of halogens is 2. The number of carbonyl (C=O) groups is 1. The lowest BCUT2D eigenvalue weighted by Gasteiger charge is -2.17. The van der Waals surface area contributed by atoms with Crippen LogP contribution in [0.1, 0.15) is 10.4 Å². The molecule has 0 saturated carbocycles. The summed E-state index contributed by atoms with van der Waals surface area (Å²) in [6.45, 7) is 0. The molecule has 0 spiro atoms. The molecule has 0 aliphatic carbocycles. The molecule has 0 unspecified atom stereocenters. The number of amides is 1. The molecule has 0 bridgehead atoms. The number of nitrogens with zero attached hydrogens (tertiary/aromatic N) is 1. The molecule has 5 heteroatoms. The molecule has 1 N–H and O–H groups in total. The Bertz CT molecular complexity index is 610. The molecule has 19 heavy (non-hydrogen) atoms. The number of carbonyl (C=O) groups excluding carboxylic acids is 1. The SMILES string of the molecule is CN(C(=O)c1cc(F)cc(Br)c1)c1cccc(O)c1. The van der Waals surface area contributed by atoms with Gasteiger partial charge in [-0.15, -0.1) is 0 Å². The number of hydrogen-bond donors (Lipinski definition) is 1. The minimum atomic E-state index is -0.484. The summed E-state index contributed by atoms with van der Waals surface area (Å²) in [7, 11) is 1.57. The van der Waals surface area contributed by atoms with Crippen molar-refractivity contribution in [2.75, 3.05) is 11.9 Å². The summed E-state index contributed by atoms with van der Waals surface area (Å²) in [5.41, 5.74) is 0.767. The standard InChI is InChI=1S/C14H11BrFNO2/c1-17(12-3-2-4-13(18)8-12)14(19)9-5-10(15)7-11(16)6-9/h2-8,18H,1H3. The topological polar surface area (TPSA) is 40.5 Å². The molecule has 3 nitrogen and oxygen atoms in total. The normalized spacial score (nSPS) is 10.3. The van der Waals surface area contributed by atoms with Crippen LogP contribution >= 0.6 is 15.9 Å². The van der Waals surface area contributed by atoms with E-state index in [4.69, 9.17) is 0 Å². The summed E-state index contributed by atoms with van der Waals surface area (Å²) >= 11 is 3.15. The van der Waals surface area contributed by atoms with Gasteiger partial charge in [-0.2, -0.15) is 0 Å². The maximum atomic E-state index is 13.3. The minimum absolute atomic E-state index is 0.0672. The molecule has 98 valence electrons. The third kappa shape index (κ3) is 3.12. The molecular weight excluding hydrogens is 313 g/mol. The van der Waals surface area contributed by atoms with Crippen molar-refractivity contribution in [3.8, 4) is 5.75 Å². The van der Waals surface area contributed by atoms with E-state index in [-0.39, 0.29) is 17.2 Å². The number of anilines is 1. The maximum Gasteiger partial charge on any atom is 0.258 e. The van der Waals surface area contributed by atoms with E-state index in [0.717, 1.165) is 0 Å². The largest absolute Gasteiger partial charge is 0.508 e. The Labute approximate surface area is 118 Å². The lowest BCUT2D eigenvalue weighted by molar-refractivity contribution is 0.0992. The van der Waals surface area contributed by atoms with E-state index in [1.54, 1.807) is 25.2 Å². The highest BCUT2D eigenvalue weighted by molar-refractivity contribution is 9.10. The van der Waals surface area contributed by atoms with Gasteiger partial charge in [0.05, 0.1) is 0 Å². The molecule has 0 fully saturated rings. The Morgan fingerprint density at radius 2 is 2.00 bits per heavy atom. The van der Waals surface area contributed by atoms with E-state index in [1.165, 1.54) is 29.2 Å². The molecule has 2 aromatic carbocycles. The number of phenols is 1. The molecule has 0 saturated heterocycles. The molecule has 0 aliphatic heterocycles. The van der Waals surface area contributed by atoms with Gasteiger partial charge in [0.25, 0.3) is 5.91 Å². The Balaban J connectivity index is 2.33. The van der Waals surface area contributed by atoms with Crippen LogP contribution in [0.15, 0.2) is 46.9 Å². The predicted molar refractivity (Wildman–Crippen MR) is 74.9 cm³/mol. The van der Waals surface area contributed by atoms with Gasteiger partial charge in [0.1, 0.15) is 11.6 Å². The first-order valence-corrected chi connectivity index (χ1v) is 6.30. The average molecular weight is 324 g/mol. The highest BCUT2D eigenvalue weighted by atomic mass is 79.9. The Morgan fingerprint density at radius 3 is 2.63 bits per heavy atom. The first-order chi connectivity index (χ1) is 8.97. The van der Waals surface area contributed by atoms with Crippen molar-refractivity contribution in [2.45, 2.75) is 0 Å². The van der Waals surface area contributed by atoms with Gasteiger partial charge < -0.3 is 10.0 Å². The summed E-state index contributed by atoms with van der Waals surface area (Å²) in [5, 5.41) is 9.40. The second-order valence-electron chi connectivity index (χ2n) is 4.04. The van der Waals surface area contributed by atoms with Crippen LogP contribution in [0.4, 0.5) is 10.1 Å². The fourth-order valence-corrected chi connectivity index (χ4v) is 2.16. The van der Waals surface area contributed by atoms with Gasteiger partial charge in [0.15, 0.2) is 0 Å². The number of rotatable bonds is 2. The zero-order valence-corrected chi connectivity index (χ0v) is 11.7. The molecular formula is C14H11BrFNO2. The fourth-order valence-electron chi connectivity index (χ4n) is 1.69. The van der Waals surface area contributed by atoms with Crippen molar-refractivity contribution in [3.63, 3.8) is 0 Å². The smallest absolute Gasteiger partial charge is 0.258 e. The van der Waals surface area contributed by atoms with Crippen LogP contribution in [0.25, 0.3) is 0 Å². The van der Waals surface area contributed by atoms with E-state index < -0.39 is 5.82 Å². The van der Waals surface area contributed by atoms with Crippen LogP contribution in [-0.4, -0.2) is 18.1 Å². The number of aromatic hydroxyl groups is 1. The third-order valence-electron chi connectivity index (χ3n) is 2.63. The van der Waals surface area contributed by atoms with Crippen molar-refractivity contribution in [3.05, 3.63) is 58.3 Å². The molecule has 0 atom stereocenters. The van der Waals surface area contributed by atoms with Crippen LogP contribution in [0.5, 0.6) is 5.75 Å². The monoisotopic (exact) mass is 323 g/mol. The summed E-state index contributed by atoms with van der Waals surface area (Å²) in [6.07, 6.45) is 0. The zero-order valence-electron chi connectivity index (χ0n) is 10.1.